The Kier molecular flexibility index (Phi) is 7.55. The van der Waals surface area contributed by atoms with Crippen molar-refractivity contribution in [3.8, 4) is 11.5 Å². The molecule has 2 aromatic carbocycles. The third-order valence-electron chi connectivity index (χ3n) is 6.00. The molecule has 0 spiro atoms. The molecule has 1 aliphatic rings. The molecule has 7 heteroatoms. The first-order valence-electron chi connectivity index (χ1n) is 11.7. The lowest BCUT2D eigenvalue weighted by Crippen LogP contribution is -2.29. The van der Waals surface area contributed by atoms with E-state index in [4.69, 9.17) is 13.9 Å². The van der Waals surface area contributed by atoms with Gasteiger partial charge in [-0.15, -0.1) is 0 Å². The number of rotatable bonds is 10. The van der Waals surface area contributed by atoms with E-state index in [1.165, 1.54) is 11.2 Å². The Labute approximate surface area is 204 Å². The molecular formula is C28H29NO6. The van der Waals surface area contributed by atoms with Crippen LogP contribution in [0, 0.1) is 0 Å². The van der Waals surface area contributed by atoms with Crippen LogP contribution < -0.4 is 9.47 Å². The van der Waals surface area contributed by atoms with Gasteiger partial charge in [0.05, 0.1) is 38.1 Å². The number of carbonyl (C=O) groups is 2. The van der Waals surface area contributed by atoms with Crippen molar-refractivity contribution in [3.63, 3.8) is 0 Å². The molecule has 1 saturated heterocycles. The summed E-state index contributed by atoms with van der Waals surface area (Å²) in [6.45, 7) is 2.80. The minimum absolute atomic E-state index is 0.0230. The van der Waals surface area contributed by atoms with Gasteiger partial charge in [0, 0.05) is 5.56 Å². The first-order valence-corrected chi connectivity index (χ1v) is 11.7. The van der Waals surface area contributed by atoms with E-state index >= 15 is 0 Å². The van der Waals surface area contributed by atoms with Crippen LogP contribution in [0.25, 0.3) is 5.76 Å². The summed E-state index contributed by atoms with van der Waals surface area (Å²) in [4.78, 5) is 27.8. The van der Waals surface area contributed by atoms with Crippen molar-refractivity contribution >= 4 is 17.4 Å². The van der Waals surface area contributed by atoms with Crippen molar-refractivity contribution in [2.24, 2.45) is 0 Å². The third-order valence-corrected chi connectivity index (χ3v) is 6.00. The Bertz CT molecular complexity index is 1200. The van der Waals surface area contributed by atoms with Gasteiger partial charge in [0.1, 0.15) is 23.0 Å². The molecular weight excluding hydrogens is 446 g/mol. The highest BCUT2D eigenvalue weighted by molar-refractivity contribution is 6.46. The summed E-state index contributed by atoms with van der Waals surface area (Å²) in [6.07, 6.45) is 4.62. The van der Waals surface area contributed by atoms with Crippen LogP contribution in [0.1, 0.15) is 49.1 Å². The van der Waals surface area contributed by atoms with Crippen molar-refractivity contribution in [2.75, 3.05) is 13.7 Å². The smallest absolute Gasteiger partial charge is 0.296 e. The summed E-state index contributed by atoms with van der Waals surface area (Å²) < 4.78 is 16.5. The third kappa shape index (κ3) is 5.24. The van der Waals surface area contributed by atoms with Crippen LogP contribution in [0.4, 0.5) is 0 Å². The predicted octanol–water partition coefficient (Wildman–Crippen LogP) is 5.48. The lowest BCUT2D eigenvalue weighted by atomic mass is 9.95. The molecule has 7 nitrogen and oxygen atoms in total. The second kappa shape index (κ2) is 11.0. The number of aliphatic hydroxyl groups is 1. The maximum atomic E-state index is 13.2. The molecule has 1 atom stereocenters. The SMILES string of the molecule is CCCCCOc1cccc(C2C(=C(O)c3ccc(OC)cc3)C(=O)C(=O)N2Cc2ccco2)c1. The number of benzene rings is 2. The van der Waals surface area contributed by atoms with Crippen molar-refractivity contribution in [2.45, 2.75) is 38.8 Å². The van der Waals surface area contributed by atoms with Gasteiger partial charge in [-0.2, -0.15) is 0 Å². The van der Waals surface area contributed by atoms with E-state index in [0.717, 1.165) is 19.3 Å². The van der Waals surface area contributed by atoms with E-state index in [2.05, 4.69) is 6.92 Å². The van der Waals surface area contributed by atoms with E-state index in [9.17, 15) is 14.7 Å². The van der Waals surface area contributed by atoms with E-state index in [-0.39, 0.29) is 17.9 Å². The highest BCUT2D eigenvalue weighted by Crippen LogP contribution is 2.41. The van der Waals surface area contributed by atoms with Gasteiger partial charge >= 0.3 is 0 Å². The largest absolute Gasteiger partial charge is 0.507 e. The Hall–Kier alpha value is -4.00. The maximum absolute atomic E-state index is 13.2. The molecule has 0 radical (unpaired) electrons. The second-order valence-corrected chi connectivity index (χ2v) is 8.36. The van der Waals surface area contributed by atoms with Crippen molar-refractivity contribution in [1.29, 1.82) is 0 Å². The number of likely N-dealkylation sites (tertiary alicyclic amines) is 1. The minimum Gasteiger partial charge on any atom is -0.507 e. The summed E-state index contributed by atoms with van der Waals surface area (Å²) in [5.41, 5.74) is 1.10. The zero-order chi connectivity index (χ0) is 24.8. The number of unbranched alkanes of at least 4 members (excludes halogenated alkanes) is 2. The van der Waals surface area contributed by atoms with Crippen LogP contribution in [0.2, 0.25) is 0 Å². The molecule has 35 heavy (non-hydrogen) atoms. The highest BCUT2D eigenvalue weighted by atomic mass is 16.5. The summed E-state index contributed by atoms with van der Waals surface area (Å²) in [5.74, 6) is 0.108. The van der Waals surface area contributed by atoms with E-state index in [0.29, 0.717) is 35.0 Å². The standard InChI is InChI=1S/C28H29NO6/c1-3-4-5-15-34-22-9-6-8-20(17-22)25-24(26(30)19-11-13-21(33-2)14-12-19)27(31)28(32)29(25)18-23-10-7-16-35-23/h6-14,16-17,25,30H,3-5,15,18H2,1-2H3. The Morgan fingerprint density at radius 2 is 1.83 bits per heavy atom. The molecule has 0 aliphatic carbocycles. The monoisotopic (exact) mass is 475 g/mol. The molecule has 1 aromatic heterocycles. The van der Waals surface area contributed by atoms with Crippen LogP contribution in [0.5, 0.6) is 11.5 Å². The van der Waals surface area contributed by atoms with Crippen LogP contribution >= 0.6 is 0 Å². The number of amides is 1. The van der Waals surface area contributed by atoms with Crippen molar-refractivity contribution < 1.29 is 28.6 Å². The van der Waals surface area contributed by atoms with Gasteiger partial charge in [0.2, 0.25) is 0 Å². The molecule has 1 amide bonds. The Morgan fingerprint density at radius 3 is 2.51 bits per heavy atom. The number of carbonyl (C=O) groups excluding carboxylic acids is 2. The van der Waals surface area contributed by atoms with Gasteiger partial charge in [-0.25, -0.2) is 0 Å². The molecule has 1 aliphatic heterocycles. The summed E-state index contributed by atoms with van der Waals surface area (Å²) in [7, 11) is 1.55. The number of aliphatic hydroxyl groups excluding tert-OH is 1. The van der Waals surface area contributed by atoms with E-state index in [1.54, 1.807) is 43.5 Å². The summed E-state index contributed by atoms with van der Waals surface area (Å²) in [5, 5.41) is 11.2. The zero-order valence-electron chi connectivity index (χ0n) is 19.9. The molecule has 1 fully saturated rings. The topological polar surface area (TPSA) is 89.2 Å². The molecule has 1 N–H and O–H groups in total. The molecule has 3 aromatic rings. The quantitative estimate of drug-likeness (QED) is 0.181. The highest BCUT2D eigenvalue weighted by Gasteiger charge is 2.46. The number of nitrogens with zero attached hydrogens (tertiary/aromatic N) is 1. The molecule has 0 bridgehead atoms. The van der Waals surface area contributed by atoms with Crippen LogP contribution in [-0.4, -0.2) is 35.4 Å². The molecule has 0 saturated carbocycles. The van der Waals surface area contributed by atoms with Gasteiger partial charge in [0.15, 0.2) is 0 Å². The van der Waals surface area contributed by atoms with Crippen molar-refractivity contribution in [3.05, 3.63) is 89.4 Å². The fourth-order valence-electron chi connectivity index (χ4n) is 4.18. The van der Waals surface area contributed by atoms with E-state index < -0.39 is 17.7 Å². The minimum atomic E-state index is -0.804. The molecule has 1 unspecified atom stereocenters. The normalized spacial score (nSPS) is 17.1. The number of Topliss-reactive ketones (excluding diaryl/α,β-unsaturated/α-hetero) is 1. The number of hydrogen-bond acceptors (Lipinski definition) is 6. The predicted molar refractivity (Wildman–Crippen MR) is 131 cm³/mol. The fraction of sp³-hybridized carbons (Fsp3) is 0.286. The van der Waals surface area contributed by atoms with Gasteiger partial charge in [0.25, 0.3) is 11.7 Å². The van der Waals surface area contributed by atoms with Gasteiger partial charge < -0.3 is 23.9 Å². The zero-order valence-corrected chi connectivity index (χ0v) is 19.9. The van der Waals surface area contributed by atoms with Gasteiger partial charge in [-0.05, 0) is 60.5 Å². The molecule has 182 valence electrons. The number of furan rings is 1. The first kappa shape index (κ1) is 24.1. The Morgan fingerprint density at radius 1 is 1.03 bits per heavy atom. The number of ketones is 1. The van der Waals surface area contributed by atoms with Gasteiger partial charge in [-0.1, -0.05) is 31.9 Å². The van der Waals surface area contributed by atoms with Crippen LogP contribution in [0.15, 0.2) is 76.9 Å². The number of methoxy groups -OCH3 is 1. The number of hydrogen-bond donors (Lipinski definition) is 1. The maximum Gasteiger partial charge on any atom is 0.296 e. The number of ether oxygens (including phenoxy) is 2. The Balaban J connectivity index is 1.76. The summed E-state index contributed by atoms with van der Waals surface area (Å²) >= 11 is 0. The fourth-order valence-corrected chi connectivity index (χ4v) is 4.18. The summed E-state index contributed by atoms with van der Waals surface area (Å²) in [6, 6.07) is 16.7. The average molecular weight is 476 g/mol. The first-order chi connectivity index (χ1) is 17.0. The second-order valence-electron chi connectivity index (χ2n) is 8.36. The van der Waals surface area contributed by atoms with Crippen molar-refractivity contribution in [1.82, 2.24) is 4.90 Å². The molecule has 4 rings (SSSR count). The lowest BCUT2D eigenvalue weighted by molar-refractivity contribution is -0.140. The average Bonchev–Trinajstić information content (AvgIpc) is 3.49. The van der Waals surface area contributed by atoms with Crippen LogP contribution in [-0.2, 0) is 16.1 Å². The molecule has 2 heterocycles. The lowest BCUT2D eigenvalue weighted by Gasteiger charge is -2.25. The van der Waals surface area contributed by atoms with E-state index in [1.807, 2.05) is 24.3 Å². The van der Waals surface area contributed by atoms with Crippen LogP contribution in [0.3, 0.4) is 0 Å². The van der Waals surface area contributed by atoms with Gasteiger partial charge in [-0.3, -0.25) is 9.59 Å².